The van der Waals surface area contributed by atoms with Crippen molar-refractivity contribution in [3.63, 3.8) is 0 Å². The third-order valence-corrected chi connectivity index (χ3v) is 3.62. The number of hydrogen-bond acceptors (Lipinski definition) is 5. The summed E-state index contributed by atoms with van der Waals surface area (Å²) in [5.74, 6) is -6.69. The van der Waals surface area contributed by atoms with Crippen LogP contribution < -0.4 is 10.2 Å². The first-order chi connectivity index (χ1) is 12.3. The van der Waals surface area contributed by atoms with Crippen LogP contribution in [0.1, 0.15) is 12.5 Å². The van der Waals surface area contributed by atoms with Crippen molar-refractivity contribution in [2.75, 3.05) is 13.2 Å². The summed E-state index contributed by atoms with van der Waals surface area (Å²) in [5.41, 5.74) is 0.612. The van der Waals surface area contributed by atoms with Gasteiger partial charge in [-0.05, 0) is 53.3 Å². The van der Waals surface area contributed by atoms with E-state index in [0.717, 1.165) is 0 Å². The number of hydrogen-bond donors (Lipinski definition) is 1. The van der Waals surface area contributed by atoms with Crippen molar-refractivity contribution in [3.05, 3.63) is 27.3 Å². The lowest BCUT2D eigenvalue weighted by Crippen LogP contribution is -2.58. The normalized spacial score (nSPS) is 12.9. The van der Waals surface area contributed by atoms with Crippen molar-refractivity contribution in [1.82, 2.24) is 5.43 Å². The minimum atomic E-state index is -6.45. The van der Waals surface area contributed by atoms with Crippen LogP contribution in [-0.4, -0.2) is 43.5 Å². The van der Waals surface area contributed by atoms with Gasteiger partial charge in [-0.15, -0.1) is 0 Å². The van der Waals surface area contributed by atoms with E-state index >= 15 is 0 Å². The second-order valence-electron chi connectivity index (χ2n) is 4.80. The molecular weight excluding hydrogens is 504 g/mol. The Morgan fingerprint density at radius 2 is 1.85 bits per heavy atom. The first-order valence-corrected chi connectivity index (χ1v) is 8.10. The predicted octanol–water partition coefficient (Wildman–Crippen LogP) is 3.95. The largest absolute Gasteiger partial charge is 0.481 e. The minimum absolute atomic E-state index is 0.0986. The second-order valence-corrected chi connectivity index (χ2v) is 5.96. The van der Waals surface area contributed by atoms with E-state index in [-0.39, 0.29) is 24.5 Å². The maximum atomic E-state index is 13.0. The van der Waals surface area contributed by atoms with Crippen LogP contribution in [0.15, 0.2) is 23.3 Å². The van der Waals surface area contributed by atoms with Crippen LogP contribution in [0.3, 0.4) is 0 Å². The average molecular weight is 516 g/mol. The molecule has 0 unspecified atom stereocenters. The van der Waals surface area contributed by atoms with Gasteiger partial charge in [0, 0.05) is 0 Å². The van der Waals surface area contributed by atoms with E-state index in [9.17, 15) is 35.5 Å². The lowest BCUT2D eigenvalue weighted by molar-refractivity contribution is -0.361. The summed E-state index contributed by atoms with van der Waals surface area (Å²) in [7, 11) is 0. The van der Waals surface area contributed by atoms with Crippen molar-refractivity contribution in [1.29, 1.82) is 0 Å². The Morgan fingerprint density at radius 1 is 1.22 bits per heavy atom. The number of ether oxygens (including phenoxy) is 2. The number of nitrogens with zero attached hydrogens (tertiary/aromatic N) is 1. The molecule has 0 spiro atoms. The van der Waals surface area contributed by atoms with E-state index in [1.807, 2.05) is 0 Å². The van der Waals surface area contributed by atoms with Crippen LogP contribution in [0.5, 0.6) is 5.75 Å². The Balaban J connectivity index is 2.77. The summed E-state index contributed by atoms with van der Waals surface area (Å²) < 4.78 is 97.6. The quantitative estimate of drug-likeness (QED) is 0.142. The third-order valence-electron chi connectivity index (χ3n) is 2.78. The van der Waals surface area contributed by atoms with E-state index in [0.29, 0.717) is 15.2 Å². The lowest BCUT2D eigenvalue weighted by atomic mass is 10.2. The van der Waals surface area contributed by atoms with E-state index in [1.165, 1.54) is 18.2 Å². The highest BCUT2D eigenvalue weighted by Crippen LogP contribution is 2.44. The summed E-state index contributed by atoms with van der Waals surface area (Å²) >= 11 is 1.77. The van der Waals surface area contributed by atoms with Crippen molar-refractivity contribution in [2.45, 2.75) is 25.1 Å². The van der Waals surface area contributed by atoms with Gasteiger partial charge < -0.3 is 9.47 Å². The average Bonchev–Trinajstić information content (AvgIpc) is 2.53. The zero-order chi connectivity index (χ0) is 20.9. The second kappa shape index (κ2) is 8.93. The van der Waals surface area contributed by atoms with Gasteiger partial charge in [-0.3, -0.25) is 0 Å². The van der Waals surface area contributed by atoms with Crippen molar-refractivity contribution in [3.8, 4) is 5.75 Å². The number of benzene rings is 1. The van der Waals surface area contributed by atoms with Gasteiger partial charge in [-0.25, -0.2) is 10.2 Å². The molecule has 1 rings (SSSR count). The predicted molar refractivity (Wildman–Crippen MR) is 88.0 cm³/mol. The summed E-state index contributed by atoms with van der Waals surface area (Å²) in [6.45, 7) is 1.40. The van der Waals surface area contributed by atoms with Gasteiger partial charge in [0.25, 0.3) is 0 Å². The van der Waals surface area contributed by atoms with E-state index in [4.69, 9.17) is 4.74 Å². The van der Waals surface area contributed by atoms with Crippen LogP contribution in [0.4, 0.5) is 30.7 Å². The zero-order valence-electron chi connectivity index (χ0n) is 13.4. The van der Waals surface area contributed by atoms with Gasteiger partial charge in [0.2, 0.25) is 0 Å². The van der Waals surface area contributed by atoms with Gasteiger partial charge in [-0.2, -0.15) is 35.8 Å². The van der Waals surface area contributed by atoms with Gasteiger partial charge in [0.1, 0.15) is 5.75 Å². The molecule has 1 aromatic carbocycles. The Morgan fingerprint density at radius 3 is 2.37 bits per heavy atom. The van der Waals surface area contributed by atoms with Crippen LogP contribution in [0.2, 0.25) is 0 Å². The number of carbonyl (C=O) groups excluding carboxylic acids is 1. The highest BCUT2D eigenvalue weighted by atomic mass is 127. The standard InChI is InChI=1S/C14H12F7IN2O3/c1-2-26-11(25)7-27-10-4-3-8(5-9(10)22)6-23-24-14(20,21)12(15,16)13(17,18)19/h3-6,24H,2,7H2,1H3/b23-6+. The number of hydrazone groups is 1. The molecular formula is C14H12F7IN2O3. The molecule has 0 aliphatic heterocycles. The molecule has 0 saturated carbocycles. The van der Waals surface area contributed by atoms with Gasteiger partial charge >= 0.3 is 24.1 Å². The van der Waals surface area contributed by atoms with Crippen LogP contribution in [0.25, 0.3) is 0 Å². The van der Waals surface area contributed by atoms with E-state index in [2.05, 4.69) is 9.84 Å². The molecule has 0 fully saturated rings. The molecule has 0 aliphatic carbocycles. The molecule has 1 N–H and O–H groups in total. The lowest BCUT2D eigenvalue weighted by Gasteiger charge is -2.27. The van der Waals surface area contributed by atoms with Crippen molar-refractivity contribution >= 4 is 34.8 Å². The highest BCUT2D eigenvalue weighted by molar-refractivity contribution is 14.1. The molecule has 0 bridgehead atoms. The molecule has 5 nitrogen and oxygen atoms in total. The number of alkyl halides is 7. The maximum Gasteiger partial charge on any atom is 0.462 e. The number of esters is 1. The minimum Gasteiger partial charge on any atom is -0.481 e. The van der Waals surface area contributed by atoms with Crippen LogP contribution in [-0.2, 0) is 9.53 Å². The monoisotopic (exact) mass is 516 g/mol. The first kappa shape index (κ1) is 23.2. The molecule has 0 radical (unpaired) electrons. The molecule has 13 heteroatoms. The van der Waals surface area contributed by atoms with Gasteiger partial charge in [0.15, 0.2) is 6.61 Å². The Bertz CT molecular complexity index is 696. The number of halogens is 8. The van der Waals surface area contributed by atoms with E-state index in [1.54, 1.807) is 29.5 Å². The molecule has 0 atom stereocenters. The molecule has 0 aromatic heterocycles. The number of rotatable bonds is 8. The summed E-state index contributed by atoms with van der Waals surface area (Å²) in [6.07, 6.45) is -5.83. The number of carbonyl (C=O) groups is 1. The van der Waals surface area contributed by atoms with Crippen molar-refractivity contribution in [2.24, 2.45) is 5.10 Å². The molecule has 27 heavy (non-hydrogen) atoms. The Hall–Kier alpha value is -1.80. The summed E-state index contributed by atoms with van der Waals surface area (Å²) in [6, 6.07) is -1.75. The van der Waals surface area contributed by atoms with Gasteiger partial charge in [0.05, 0.1) is 16.4 Å². The highest BCUT2D eigenvalue weighted by Gasteiger charge is 2.73. The van der Waals surface area contributed by atoms with Crippen LogP contribution in [0, 0.1) is 3.57 Å². The van der Waals surface area contributed by atoms with Gasteiger partial charge in [-0.1, -0.05) is 0 Å². The summed E-state index contributed by atoms with van der Waals surface area (Å²) in [5, 5.41) is 2.74. The zero-order valence-corrected chi connectivity index (χ0v) is 15.6. The number of nitrogens with one attached hydrogen (secondary N) is 1. The maximum absolute atomic E-state index is 13.0. The van der Waals surface area contributed by atoms with Crippen molar-refractivity contribution < 1.29 is 45.0 Å². The first-order valence-electron chi connectivity index (χ1n) is 7.02. The molecule has 0 saturated heterocycles. The van der Waals surface area contributed by atoms with Crippen LogP contribution >= 0.6 is 22.6 Å². The fourth-order valence-corrected chi connectivity index (χ4v) is 2.18. The Kier molecular flexibility index (Phi) is 7.68. The Labute approximate surface area is 162 Å². The fourth-order valence-electron chi connectivity index (χ4n) is 1.49. The fraction of sp³-hybridized carbons (Fsp3) is 0.429. The molecule has 0 heterocycles. The smallest absolute Gasteiger partial charge is 0.462 e. The summed E-state index contributed by atoms with van der Waals surface area (Å²) in [4.78, 5) is 11.2. The topological polar surface area (TPSA) is 59.9 Å². The molecule has 1 aromatic rings. The molecule has 0 aliphatic rings. The van der Waals surface area contributed by atoms with E-state index < -0.39 is 24.1 Å². The molecule has 0 amide bonds. The molecule has 152 valence electrons. The SMILES string of the molecule is CCOC(=O)COc1ccc(/C=N/NC(F)(F)C(F)(F)C(F)(F)F)cc1I. The third kappa shape index (κ3) is 6.10.